The summed E-state index contributed by atoms with van der Waals surface area (Å²) in [5.74, 6) is 0. The fourth-order valence-electron chi connectivity index (χ4n) is 2.13. The topological polar surface area (TPSA) is 52.0 Å². The first-order chi connectivity index (χ1) is 6.84. The van der Waals surface area contributed by atoms with Crippen molar-refractivity contribution in [3.63, 3.8) is 0 Å². The third kappa shape index (κ3) is 3.99. The fraction of sp³-hybridized carbons (Fsp3) is 1.00. The molecule has 1 fully saturated rings. The Morgan fingerprint density at radius 2 is 1.93 bits per heavy atom. The van der Waals surface area contributed by atoms with Gasteiger partial charge in [0, 0.05) is 24.0 Å². The van der Waals surface area contributed by atoms with E-state index >= 15 is 0 Å². The predicted octanol–water partition coefficient (Wildman–Crippen LogP) is 2.95. The molecule has 0 heterocycles. The van der Waals surface area contributed by atoms with E-state index < -0.39 is 0 Å². The van der Waals surface area contributed by atoms with Gasteiger partial charge in [-0.15, -0.1) is 0 Å². The van der Waals surface area contributed by atoms with Gasteiger partial charge in [0.25, 0.3) is 0 Å². The first kappa shape index (κ1) is 11.3. The first-order valence-electron chi connectivity index (χ1n) is 5.55. The van der Waals surface area contributed by atoms with E-state index in [1.807, 2.05) is 0 Å². The van der Waals surface area contributed by atoms with Crippen LogP contribution in [0.1, 0.15) is 38.5 Å². The molecule has 0 aromatic carbocycles. The van der Waals surface area contributed by atoms with Crippen LogP contribution < -0.4 is 0 Å². The zero-order valence-corrected chi connectivity index (χ0v) is 9.02. The molecule has 0 N–H and O–H groups in total. The molecule has 1 aliphatic carbocycles. The van der Waals surface area contributed by atoms with E-state index in [1.165, 1.54) is 38.5 Å². The average Bonchev–Trinajstić information content (AvgIpc) is 2.46. The highest BCUT2D eigenvalue weighted by molar-refractivity contribution is 4.72. The molecular weight excluding hydrogens is 176 g/mol. The third-order valence-corrected chi connectivity index (χ3v) is 3.06. The molecule has 1 rings (SSSR count). The Balaban J connectivity index is 2.26. The van der Waals surface area contributed by atoms with E-state index in [2.05, 4.69) is 22.0 Å². The van der Waals surface area contributed by atoms with Crippen LogP contribution in [0.15, 0.2) is 5.11 Å². The van der Waals surface area contributed by atoms with Gasteiger partial charge >= 0.3 is 0 Å². The van der Waals surface area contributed by atoms with Crippen LogP contribution in [0.2, 0.25) is 0 Å². The van der Waals surface area contributed by atoms with Crippen molar-refractivity contribution in [2.45, 2.75) is 44.6 Å². The van der Waals surface area contributed by atoms with Gasteiger partial charge in [-0.2, -0.15) is 0 Å². The molecule has 4 nitrogen and oxygen atoms in total. The average molecular weight is 196 g/mol. The SMILES string of the molecule is CN(CCN=[N+]=[N-])C1CCCCCC1. The minimum absolute atomic E-state index is 0.601. The quantitative estimate of drug-likeness (QED) is 0.295. The molecule has 0 atom stereocenters. The maximum Gasteiger partial charge on any atom is 0.0385 e. The molecule has 0 amide bonds. The highest BCUT2D eigenvalue weighted by Crippen LogP contribution is 2.20. The predicted molar refractivity (Wildman–Crippen MR) is 58.1 cm³/mol. The van der Waals surface area contributed by atoms with Gasteiger partial charge in [-0.05, 0) is 25.4 Å². The smallest absolute Gasteiger partial charge is 0.0385 e. The van der Waals surface area contributed by atoms with Crippen LogP contribution in [0, 0.1) is 0 Å². The molecule has 1 saturated carbocycles. The molecule has 1 aliphatic rings. The zero-order chi connectivity index (χ0) is 10.2. The second-order valence-corrected chi connectivity index (χ2v) is 4.08. The van der Waals surface area contributed by atoms with Crippen LogP contribution >= 0.6 is 0 Å². The largest absolute Gasteiger partial charge is 0.303 e. The Labute approximate surface area is 85.9 Å². The lowest BCUT2D eigenvalue weighted by molar-refractivity contribution is 0.227. The molecule has 0 unspecified atom stereocenters. The lowest BCUT2D eigenvalue weighted by Gasteiger charge is -2.26. The van der Waals surface area contributed by atoms with E-state index in [1.54, 1.807) is 0 Å². The summed E-state index contributed by atoms with van der Waals surface area (Å²) in [7, 11) is 2.14. The van der Waals surface area contributed by atoms with Crippen LogP contribution in [0.5, 0.6) is 0 Å². The van der Waals surface area contributed by atoms with Crippen molar-refractivity contribution in [3.8, 4) is 0 Å². The number of hydrogen-bond acceptors (Lipinski definition) is 2. The van der Waals surface area contributed by atoms with Crippen molar-refractivity contribution in [2.24, 2.45) is 5.11 Å². The lowest BCUT2D eigenvalue weighted by atomic mass is 10.1. The van der Waals surface area contributed by atoms with Crippen molar-refractivity contribution < 1.29 is 0 Å². The molecule has 0 aromatic rings. The van der Waals surface area contributed by atoms with Gasteiger partial charge in [0.15, 0.2) is 0 Å². The maximum absolute atomic E-state index is 8.17. The number of hydrogen-bond donors (Lipinski definition) is 0. The van der Waals surface area contributed by atoms with Crippen molar-refractivity contribution in [1.82, 2.24) is 4.90 Å². The normalized spacial score (nSPS) is 19.0. The molecular formula is C10H20N4. The van der Waals surface area contributed by atoms with E-state index in [0.29, 0.717) is 12.6 Å². The van der Waals surface area contributed by atoms with Crippen LogP contribution in [-0.2, 0) is 0 Å². The molecule has 0 radical (unpaired) electrons. The summed E-state index contributed by atoms with van der Waals surface area (Å²) in [5, 5.41) is 3.57. The van der Waals surface area contributed by atoms with Gasteiger partial charge in [-0.25, -0.2) is 0 Å². The molecule has 4 heteroatoms. The Morgan fingerprint density at radius 3 is 2.50 bits per heavy atom. The minimum atomic E-state index is 0.601. The third-order valence-electron chi connectivity index (χ3n) is 3.06. The number of azide groups is 1. The molecule has 0 aromatic heterocycles. The molecule has 0 spiro atoms. The van der Waals surface area contributed by atoms with Gasteiger partial charge in [0.1, 0.15) is 0 Å². The van der Waals surface area contributed by atoms with Crippen molar-refractivity contribution in [3.05, 3.63) is 10.4 Å². The van der Waals surface area contributed by atoms with Gasteiger partial charge in [-0.3, -0.25) is 0 Å². The number of likely N-dealkylation sites (N-methyl/N-ethyl adjacent to an activating group) is 1. The van der Waals surface area contributed by atoms with Gasteiger partial charge in [0.05, 0.1) is 0 Å². The molecule has 0 aliphatic heterocycles. The first-order valence-corrected chi connectivity index (χ1v) is 5.55. The second kappa shape index (κ2) is 6.68. The fourth-order valence-corrected chi connectivity index (χ4v) is 2.13. The van der Waals surface area contributed by atoms with Crippen molar-refractivity contribution in [1.29, 1.82) is 0 Å². The van der Waals surface area contributed by atoms with Gasteiger partial charge in [0.2, 0.25) is 0 Å². The summed E-state index contributed by atoms with van der Waals surface area (Å²) in [5.41, 5.74) is 8.17. The summed E-state index contributed by atoms with van der Waals surface area (Å²) < 4.78 is 0. The van der Waals surface area contributed by atoms with Crippen LogP contribution in [0.25, 0.3) is 10.4 Å². The maximum atomic E-state index is 8.17. The summed E-state index contributed by atoms with van der Waals surface area (Å²) in [6.07, 6.45) is 8.12. The standard InChI is InChI=1S/C10H20N4/c1-14(9-8-12-13-11)10-6-4-2-3-5-7-10/h10H,2-9H2,1H3. The van der Waals surface area contributed by atoms with Gasteiger partial charge in [-0.1, -0.05) is 30.8 Å². The van der Waals surface area contributed by atoms with E-state index in [4.69, 9.17) is 5.53 Å². The minimum Gasteiger partial charge on any atom is -0.303 e. The zero-order valence-electron chi connectivity index (χ0n) is 9.02. The molecule has 80 valence electrons. The monoisotopic (exact) mass is 196 g/mol. The van der Waals surface area contributed by atoms with Crippen LogP contribution in [0.3, 0.4) is 0 Å². The Hall–Kier alpha value is -0.730. The van der Waals surface area contributed by atoms with E-state index in [-0.39, 0.29) is 0 Å². The van der Waals surface area contributed by atoms with Crippen molar-refractivity contribution in [2.75, 3.05) is 20.1 Å². The van der Waals surface area contributed by atoms with Crippen molar-refractivity contribution >= 4 is 0 Å². The van der Waals surface area contributed by atoms with Crippen LogP contribution in [0.4, 0.5) is 0 Å². The summed E-state index contributed by atoms with van der Waals surface area (Å²) in [4.78, 5) is 5.12. The summed E-state index contributed by atoms with van der Waals surface area (Å²) in [6, 6.07) is 0.714. The van der Waals surface area contributed by atoms with Crippen LogP contribution in [-0.4, -0.2) is 31.1 Å². The summed E-state index contributed by atoms with van der Waals surface area (Å²) >= 11 is 0. The molecule has 0 bridgehead atoms. The Morgan fingerprint density at radius 1 is 1.29 bits per heavy atom. The second-order valence-electron chi connectivity index (χ2n) is 4.08. The number of nitrogens with zero attached hydrogens (tertiary/aromatic N) is 4. The molecule has 0 saturated heterocycles. The summed E-state index contributed by atoms with van der Waals surface area (Å²) in [6.45, 7) is 1.50. The Kier molecular flexibility index (Phi) is 5.42. The molecule has 14 heavy (non-hydrogen) atoms. The number of rotatable bonds is 4. The highest BCUT2D eigenvalue weighted by Gasteiger charge is 2.15. The van der Waals surface area contributed by atoms with E-state index in [0.717, 1.165) is 6.54 Å². The van der Waals surface area contributed by atoms with Gasteiger partial charge < -0.3 is 4.90 Å². The van der Waals surface area contributed by atoms with E-state index in [9.17, 15) is 0 Å². The lowest BCUT2D eigenvalue weighted by Crippen LogP contribution is -2.33. The Bertz CT molecular complexity index is 190. The highest BCUT2D eigenvalue weighted by atomic mass is 15.2.